The molecule has 3 heterocycles. The fourth-order valence-electron chi connectivity index (χ4n) is 3.35. The minimum atomic E-state index is -0.191. The van der Waals surface area contributed by atoms with Gasteiger partial charge in [-0.1, -0.05) is 18.9 Å². The third kappa shape index (κ3) is 6.06. The van der Waals surface area contributed by atoms with Crippen LogP contribution >= 0.6 is 11.3 Å². The van der Waals surface area contributed by atoms with Crippen LogP contribution in [0, 0.1) is 5.92 Å². The lowest BCUT2D eigenvalue weighted by molar-refractivity contribution is 0.0690. The molecular formula is C20H26N4O2S. The van der Waals surface area contributed by atoms with Crippen LogP contribution in [0.5, 0.6) is 0 Å². The average Bonchev–Trinajstić information content (AvgIpc) is 3.23. The third-order valence-corrected chi connectivity index (χ3v) is 5.74. The summed E-state index contributed by atoms with van der Waals surface area (Å²) in [6.45, 7) is 2.38. The number of rotatable bonds is 7. The summed E-state index contributed by atoms with van der Waals surface area (Å²) >= 11 is 1.51. The molecule has 1 aliphatic rings. The van der Waals surface area contributed by atoms with Crippen LogP contribution in [0.4, 0.5) is 10.5 Å². The predicted octanol–water partition coefficient (Wildman–Crippen LogP) is 3.99. The molecule has 2 aromatic heterocycles. The Bertz CT molecular complexity index is 713. The Hall–Kier alpha value is -2.41. The molecule has 0 aromatic carbocycles. The third-order valence-electron chi connectivity index (χ3n) is 4.88. The number of likely N-dealkylation sites (tertiary alicyclic amines) is 1. The summed E-state index contributed by atoms with van der Waals surface area (Å²) in [5.41, 5.74) is 0.693. The van der Waals surface area contributed by atoms with Crippen LogP contribution in [0.2, 0.25) is 0 Å². The van der Waals surface area contributed by atoms with Crippen LogP contribution in [0.1, 0.15) is 41.8 Å². The Morgan fingerprint density at radius 1 is 1.19 bits per heavy atom. The van der Waals surface area contributed by atoms with E-state index in [9.17, 15) is 9.59 Å². The monoisotopic (exact) mass is 386 g/mol. The van der Waals surface area contributed by atoms with Gasteiger partial charge in [-0.3, -0.25) is 9.78 Å². The number of hydrogen-bond donors (Lipinski definition) is 2. The van der Waals surface area contributed by atoms with E-state index in [2.05, 4.69) is 15.6 Å². The maximum Gasteiger partial charge on any atom is 0.319 e. The number of piperidine rings is 1. The van der Waals surface area contributed by atoms with Gasteiger partial charge in [-0.2, -0.15) is 0 Å². The molecule has 2 N–H and O–H groups in total. The molecule has 0 radical (unpaired) electrons. The lowest BCUT2D eigenvalue weighted by atomic mass is 9.91. The average molecular weight is 387 g/mol. The van der Waals surface area contributed by atoms with Gasteiger partial charge in [0.05, 0.1) is 16.8 Å². The van der Waals surface area contributed by atoms with Crippen molar-refractivity contribution in [2.45, 2.75) is 32.1 Å². The van der Waals surface area contributed by atoms with E-state index in [0.29, 0.717) is 18.2 Å². The summed E-state index contributed by atoms with van der Waals surface area (Å²) in [7, 11) is 0. The minimum Gasteiger partial charge on any atom is -0.338 e. The summed E-state index contributed by atoms with van der Waals surface area (Å²) in [5.74, 6) is 0.855. The van der Waals surface area contributed by atoms with Crippen molar-refractivity contribution in [1.82, 2.24) is 15.2 Å². The van der Waals surface area contributed by atoms with Gasteiger partial charge in [0.1, 0.15) is 0 Å². The number of urea groups is 1. The summed E-state index contributed by atoms with van der Waals surface area (Å²) < 4.78 is 0. The standard InChI is InChI=1S/C20H26N4O2S/c25-19(18-7-4-14-27-18)24-12-8-16(9-13-24)5-1-2-11-22-20(26)23-17-6-3-10-21-15-17/h3-4,6-7,10,14-16H,1-2,5,8-9,11-13H2,(H2,22,23,26). The highest BCUT2D eigenvalue weighted by atomic mass is 32.1. The van der Waals surface area contributed by atoms with E-state index in [0.717, 1.165) is 50.1 Å². The molecule has 0 atom stereocenters. The molecule has 1 aliphatic heterocycles. The number of unbranched alkanes of at least 4 members (excludes halogenated alkanes) is 1. The van der Waals surface area contributed by atoms with Crippen molar-refractivity contribution >= 4 is 29.0 Å². The van der Waals surface area contributed by atoms with Gasteiger partial charge >= 0.3 is 6.03 Å². The number of carbonyl (C=O) groups is 2. The van der Waals surface area contributed by atoms with Crippen molar-refractivity contribution in [1.29, 1.82) is 0 Å². The first-order valence-corrected chi connectivity index (χ1v) is 10.4. The maximum absolute atomic E-state index is 12.3. The molecular weight excluding hydrogens is 360 g/mol. The first kappa shape index (κ1) is 19.4. The van der Waals surface area contributed by atoms with E-state index in [-0.39, 0.29) is 11.9 Å². The van der Waals surface area contributed by atoms with Gasteiger partial charge in [-0.15, -0.1) is 11.3 Å². The van der Waals surface area contributed by atoms with Gasteiger partial charge in [-0.25, -0.2) is 4.79 Å². The maximum atomic E-state index is 12.3. The van der Waals surface area contributed by atoms with Crippen molar-refractivity contribution < 1.29 is 9.59 Å². The Labute approximate surface area is 164 Å². The number of carbonyl (C=O) groups excluding carboxylic acids is 2. The fraction of sp³-hybridized carbons (Fsp3) is 0.450. The molecule has 3 amide bonds. The molecule has 0 bridgehead atoms. The zero-order valence-electron chi connectivity index (χ0n) is 15.4. The molecule has 3 rings (SSSR count). The minimum absolute atomic E-state index is 0.173. The first-order chi connectivity index (χ1) is 13.2. The predicted molar refractivity (Wildman–Crippen MR) is 108 cm³/mol. The molecule has 0 aliphatic carbocycles. The van der Waals surface area contributed by atoms with Gasteiger partial charge in [0.25, 0.3) is 5.91 Å². The van der Waals surface area contributed by atoms with Crippen molar-refractivity contribution in [3.8, 4) is 0 Å². The number of thiophene rings is 1. The van der Waals surface area contributed by atoms with Gasteiger partial charge in [0.15, 0.2) is 0 Å². The highest BCUT2D eigenvalue weighted by molar-refractivity contribution is 7.12. The zero-order valence-corrected chi connectivity index (χ0v) is 16.2. The van der Waals surface area contributed by atoms with Gasteiger partial charge < -0.3 is 15.5 Å². The summed E-state index contributed by atoms with van der Waals surface area (Å²) in [6, 6.07) is 7.23. The lowest BCUT2D eigenvalue weighted by Gasteiger charge is -2.31. The number of hydrogen-bond acceptors (Lipinski definition) is 4. The molecule has 0 spiro atoms. The molecule has 1 saturated heterocycles. The van der Waals surface area contributed by atoms with Crippen molar-refractivity contribution in [2.24, 2.45) is 5.92 Å². The highest BCUT2D eigenvalue weighted by Gasteiger charge is 2.23. The number of nitrogens with one attached hydrogen (secondary N) is 2. The van der Waals surface area contributed by atoms with Gasteiger partial charge in [0.2, 0.25) is 0 Å². The van der Waals surface area contributed by atoms with Crippen LogP contribution < -0.4 is 10.6 Å². The SMILES string of the molecule is O=C(NCCCCC1CCN(C(=O)c2cccs2)CC1)Nc1cccnc1. The molecule has 7 heteroatoms. The molecule has 2 aromatic rings. The van der Waals surface area contributed by atoms with Crippen LogP contribution in [0.3, 0.4) is 0 Å². The van der Waals surface area contributed by atoms with Gasteiger partial charge in [0, 0.05) is 25.8 Å². The van der Waals surface area contributed by atoms with E-state index in [4.69, 9.17) is 0 Å². The Morgan fingerprint density at radius 2 is 2.04 bits per heavy atom. The quantitative estimate of drug-likeness (QED) is 0.707. The van der Waals surface area contributed by atoms with Crippen molar-refractivity contribution in [3.05, 3.63) is 46.9 Å². The van der Waals surface area contributed by atoms with Crippen molar-refractivity contribution in [3.63, 3.8) is 0 Å². The second-order valence-corrected chi connectivity index (χ2v) is 7.78. The second kappa shape index (κ2) is 10.1. The number of pyridine rings is 1. The number of anilines is 1. The Kier molecular flexibility index (Phi) is 7.21. The molecule has 0 unspecified atom stereocenters. The largest absolute Gasteiger partial charge is 0.338 e. The second-order valence-electron chi connectivity index (χ2n) is 6.83. The van der Waals surface area contributed by atoms with E-state index in [1.165, 1.54) is 11.3 Å². The van der Waals surface area contributed by atoms with E-state index in [1.54, 1.807) is 18.5 Å². The molecule has 6 nitrogen and oxygen atoms in total. The number of aromatic nitrogens is 1. The summed E-state index contributed by atoms with van der Waals surface area (Å²) in [5, 5.41) is 7.59. The molecule has 27 heavy (non-hydrogen) atoms. The first-order valence-electron chi connectivity index (χ1n) is 9.50. The van der Waals surface area contributed by atoms with Crippen LogP contribution in [0.25, 0.3) is 0 Å². The molecule has 0 saturated carbocycles. The number of nitrogens with zero attached hydrogens (tertiary/aromatic N) is 2. The smallest absolute Gasteiger partial charge is 0.319 e. The summed E-state index contributed by atoms with van der Waals surface area (Å²) in [4.78, 5) is 30.9. The van der Waals surface area contributed by atoms with Gasteiger partial charge in [-0.05, 0) is 48.8 Å². The van der Waals surface area contributed by atoms with Crippen molar-refractivity contribution in [2.75, 3.05) is 25.0 Å². The van der Waals surface area contributed by atoms with Crippen LogP contribution in [0.15, 0.2) is 42.0 Å². The topological polar surface area (TPSA) is 74.3 Å². The van der Waals surface area contributed by atoms with E-state index in [1.807, 2.05) is 28.5 Å². The molecule has 1 fully saturated rings. The number of amides is 3. The fourth-order valence-corrected chi connectivity index (χ4v) is 4.04. The Morgan fingerprint density at radius 3 is 2.74 bits per heavy atom. The van der Waals surface area contributed by atoms with E-state index >= 15 is 0 Å². The normalized spacial score (nSPS) is 14.7. The zero-order chi connectivity index (χ0) is 18.9. The highest BCUT2D eigenvalue weighted by Crippen LogP contribution is 2.24. The molecule has 144 valence electrons. The van der Waals surface area contributed by atoms with Crippen LogP contribution in [-0.4, -0.2) is 41.5 Å². The summed E-state index contributed by atoms with van der Waals surface area (Å²) in [6.07, 6.45) is 8.66. The Balaban J connectivity index is 1.25. The van der Waals surface area contributed by atoms with E-state index < -0.39 is 0 Å². The lowest BCUT2D eigenvalue weighted by Crippen LogP contribution is -2.38. The van der Waals surface area contributed by atoms with Crippen LogP contribution in [-0.2, 0) is 0 Å².